The van der Waals surface area contributed by atoms with Crippen molar-refractivity contribution >= 4 is 80.3 Å². The predicted octanol–water partition coefficient (Wildman–Crippen LogP) is 12.0. The van der Waals surface area contributed by atoms with Crippen LogP contribution in [0.5, 0.6) is 0 Å². The molecule has 212 valence electrons. The van der Waals surface area contributed by atoms with Gasteiger partial charge in [0.1, 0.15) is 11.6 Å². The lowest BCUT2D eigenvalue weighted by Crippen LogP contribution is -2.13. The Hall–Kier alpha value is -5.36. The summed E-state index contributed by atoms with van der Waals surface area (Å²) in [5.41, 5.74) is 5.17. The second kappa shape index (κ2) is 10.7. The van der Waals surface area contributed by atoms with Crippen molar-refractivity contribution in [1.82, 2.24) is 9.97 Å². The van der Waals surface area contributed by atoms with E-state index < -0.39 is 0 Å². The molecule has 3 nitrogen and oxygen atoms in total. The molecule has 45 heavy (non-hydrogen) atoms. The number of benzene rings is 5. The first-order valence-electron chi connectivity index (χ1n) is 14.9. The third kappa shape index (κ3) is 4.40. The number of thiophene rings is 2. The van der Waals surface area contributed by atoms with Crippen LogP contribution in [0.25, 0.3) is 62.9 Å². The first kappa shape index (κ1) is 26.1. The zero-order valence-corrected chi connectivity index (χ0v) is 25.7. The molecule has 0 radical (unpaired) electrons. The van der Waals surface area contributed by atoms with Gasteiger partial charge in [-0.3, -0.25) is 4.90 Å². The summed E-state index contributed by atoms with van der Waals surface area (Å²) < 4.78 is 5.09. The molecule has 0 aliphatic carbocycles. The summed E-state index contributed by atoms with van der Waals surface area (Å²) in [7, 11) is 0. The van der Waals surface area contributed by atoms with Gasteiger partial charge in [-0.05, 0) is 48.5 Å². The van der Waals surface area contributed by atoms with E-state index in [0.717, 1.165) is 39.8 Å². The average molecular weight is 612 g/mol. The van der Waals surface area contributed by atoms with Crippen LogP contribution in [0.1, 0.15) is 0 Å². The maximum atomic E-state index is 5.29. The predicted molar refractivity (Wildman–Crippen MR) is 193 cm³/mol. The van der Waals surface area contributed by atoms with Gasteiger partial charge in [0.25, 0.3) is 0 Å². The lowest BCUT2D eigenvalue weighted by Gasteiger charge is -2.24. The Morgan fingerprint density at radius 1 is 0.378 bits per heavy atom. The monoisotopic (exact) mass is 611 g/mol. The molecule has 0 saturated carbocycles. The summed E-state index contributed by atoms with van der Waals surface area (Å²) in [6, 6.07) is 53.3. The lowest BCUT2D eigenvalue weighted by molar-refractivity contribution is 1.13. The molecule has 9 aromatic rings. The van der Waals surface area contributed by atoms with Crippen molar-refractivity contribution in [2.24, 2.45) is 0 Å². The highest BCUT2D eigenvalue weighted by atomic mass is 32.1. The summed E-state index contributed by atoms with van der Waals surface area (Å²) in [6.07, 6.45) is 0. The van der Waals surface area contributed by atoms with Crippen molar-refractivity contribution in [3.8, 4) is 22.5 Å². The lowest BCUT2D eigenvalue weighted by atomic mass is 10.1. The number of fused-ring (bicyclic) bond motifs is 6. The van der Waals surface area contributed by atoms with Gasteiger partial charge in [-0.1, -0.05) is 103 Å². The molecule has 0 spiro atoms. The SMILES string of the molecule is c1ccc(N(c2cccc(-c3cccc4c3sc3ccccc34)n2)c2cccc(-c3cccc4c3sc3ccccc34)n2)cc1. The molecule has 5 heteroatoms. The van der Waals surface area contributed by atoms with E-state index in [4.69, 9.17) is 9.97 Å². The minimum absolute atomic E-state index is 0.821. The molecule has 0 aliphatic rings. The maximum Gasteiger partial charge on any atom is 0.139 e. The van der Waals surface area contributed by atoms with E-state index in [2.05, 4.69) is 150 Å². The number of nitrogens with zero attached hydrogens (tertiary/aromatic N) is 3. The first-order chi connectivity index (χ1) is 22.3. The minimum atomic E-state index is 0.821. The van der Waals surface area contributed by atoms with E-state index in [1.807, 2.05) is 28.7 Å². The topological polar surface area (TPSA) is 29.0 Å². The fourth-order valence-electron chi connectivity index (χ4n) is 6.25. The van der Waals surface area contributed by atoms with Crippen LogP contribution in [0.3, 0.4) is 0 Å². The van der Waals surface area contributed by atoms with E-state index in [1.54, 1.807) is 0 Å². The molecule has 0 bridgehead atoms. The summed E-state index contributed by atoms with van der Waals surface area (Å²) in [5, 5.41) is 5.11. The molecule has 5 aromatic carbocycles. The Morgan fingerprint density at radius 2 is 0.822 bits per heavy atom. The third-order valence-corrected chi connectivity index (χ3v) is 10.7. The van der Waals surface area contributed by atoms with Gasteiger partial charge in [-0.25, -0.2) is 9.97 Å². The summed E-state index contributed by atoms with van der Waals surface area (Å²) in [5.74, 6) is 1.64. The first-order valence-corrected chi connectivity index (χ1v) is 16.6. The van der Waals surface area contributed by atoms with Gasteiger partial charge in [-0.15, -0.1) is 22.7 Å². The highest BCUT2D eigenvalue weighted by molar-refractivity contribution is 7.26. The second-order valence-electron chi connectivity index (χ2n) is 11.0. The number of anilines is 3. The van der Waals surface area contributed by atoms with Crippen LogP contribution in [-0.4, -0.2) is 9.97 Å². The molecule has 0 saturated heterocycles. The number of hydrogen-bond acceptors (Lipinski definition) is 5. The van der Waals surface area contributed by atoms with E-state index in [-0.39, 0.29) is 0 Å². The van der Waals surface area contributed by atoms with E-state index in [0.29, 0.717) is 0 Å². The second-order valence-corrected chi connectivity index (χ2v) is 13.1. The molecule has 0 N–H and O–H groups in total. The van der Waals surface area contributed by atoms with Crippen LogP contribution in [-0.2, 0) is 0 Å². The molecule has 4 heterocycles. The molecular weight excluding hydrogens is 587 g/mol. The van der Waals surface area contributed by atoms with E-state index >= 15 is 0 Å². The van der Waals surface area contributed by atoms with Crippen molar-refractivity contribution in [2.45, 2.75) is 0 Å². The van der Waals surface area contributed by atoms with Gasteiger partial charge < -0.3 is 0 Å². The molecule has 9 rings (SSSR count). The highest BCUT2D eigenvalue weighted by Crippen LogP contribution is 2.42. The Balaban J connectivity index is 1.20. The minimum Gasteiger partial charge on any atom is -0.279 e. The van der Waals surface area contributed by atoms with E-state index in [1.165, 1.54) is 40.3 Å². The Labute approximate surface area is 268 Å². The van der Waals surface area contributed by atoms with E-state index in [9.17, 15) is 0 Å². The molecule has 0 fully saturated rings. The van der Waals surface area contributed by atoms with Gasteiger partial charge >= 0.3 is 0 Å². The van der Waals surface area contributed by atoms with Gasteiger partial charge in [0.05, 0.1) is 11.4 Å². The van der Waals surface area contributed by atoms with Gasteiger partial charge in [0, 0.05) is 57.2 Å². The number of hydrogen-bond donors (Lipinski definition) is 0. The van der Waals surface area contributed by atoms with Crippen LogP contribution in [0.2, 0.25) is 0 Å². The highest BCUT2D eigenvalue weighted by Gasteiger charge is 2.19. The molecule has 0 amide bonds. The zero-order valence-electron chi connectivity index (χ0n) is 24.1. The standard InChI is InChI=1S/C40H25N3S2/c1-2-12-26(13-3-1)43(37-24-10-20-33(41-37)31-18-8-16-29-27-14-4-6-22-35(27)44-39(29)31)38-25-11-21-34(42-38)32-19-9-17-30-28-15-5-7-23-36(28)45-40(30)32/h1-25H. The van der Waals surface area contributed by atoms with Crippen molar-refractivity contribution in [3.05, 3.63) is 152 Å². The summed E-state index contributed by atoms with van der Waals surface area (Å²) >= 11 is 3.65. The van der Waals surface area contributed by atoms with Crippen LogP contribution in [0.4, 0.5) is 17.3 Å². The van der Waals surface area contributed by atoms with Gasteiger partial charge in [-0.2, -0.15) is 0 Å². The molecule has 0 aliphatic heterocycles. The zero-order chi connectivity index (χ0) is 29.7. The third-order valence-electron chi connectivity index (χ3n) is 8.30. The van der Waals surface area contributed by atoms with Crippen molar-refractivity contribution < 1.29 is 0 Å². The number of aromatic nitrogens is 2. The molecular formula is C40H25N3S2. The summed E-state index contributed by atoms with van der Waals surface area (Å²) in [4.78, 5) is 12.7. The van der Waals surface area contributed by atoms with Crippen LogP contribution in [0, 0.1) is 0 Å². The quantitative estimate of drug-likeness (QED) is 0.194. The molecule has 4 aromatic heterocycles. The number of pyridine rings is 2. The van der Waals surface area contributed by atoms with Crippen molar-refractivity contribution in [3.63, 3.8) is 0 Å². The Morgan fingerprint density at radius 3 is 1.36 bits per heavy atom. The van der Waals surface area contributed by atoms with Gasteiger partial charge in [0.15, 0.2) is 0 Å². The fourth-order valence-corrected chi connectivity index (χ4v) is 8.70. The number of para-hydroxylation sites is 1. The largest absolute Gasteiger partial charge is 0.279 e. The Bertz CT molecular complexity index is 2350. The average Bonchev–Trinajstić information content (AvgIpc) is 3.68. The normalized spacial score (nSPS) is 11.6. The van der Waals surface area contributed by atoms with Crippen LogP contribution in [0.15, 0.2) is 152 Å². The van der Waals surface area contributed by atoms with Crippen LogP contribution < -0.4 is 4.90 Å². The maximum absolute atomic E-state index is 5.29. The Kier molecular flexibility index (Phi) is 6.18. The fraction of sp³-hybridized carbons (Fsp3) is 0. The van der Waals surface area contributed by atoms with Crippen LogP contribution >= 0.6 is 22.7 Å². The molecule has 0 unspecified atom stereocenters. The van der Waals surface area contributed by atoms with Gasteiger partial charge in [0.2, 0.25) is 0 Å². The molecule has 0 atom stereocenters. The summed E-state index contributed by atoms with van der Waals surface area (Å²) in [6.45, 7) is 0. The van der Waals surface area contributed by atoms with Crippen molar-refractivity contribution in [1.29, 1.82) is 0 Å². The van der Waals surface area contributed by atoms with Crippen molar-refractivity contribution in [2.75, 3.05) is 4.90 Å². The number of rotatable bonds is 5. The smallest absolute Gasteiger partial charge is 0.139 e.